The summed E-state index contributed by atoms with van der Waals surface area (Å²) in [6.45, 7) is 9.64. The van der Waals surface area contributed by atoms with Crippen molar-refractivity contribution in [2.24, 2.45) is 11.8 Å². The van der Waals surface area contributed by atoms with Gasteiger partial charge in [-0.05, 0) is 37.5 Å². The van der Waals surface area contributed by atoms with Crippen molar-refractivity contribution in [3.8, 4) is 0 Å². The first-order valence-corrected chi connectivity index (χ1v) is 45.5. The van der Waals surface area contributed by atoms with Gasteiger partial charge in [-0.2, -0.15) is 0 Å². The highest BCUT2D eigenvalue weighted by atomic mass is 31.2. The van der Waals surface area contributed by atoms with E-state index in [0.717, 1.165) is 102 Å². The molecular weight excluding hydrogens is 1320 g/mol. The second kappa shape index (κ2) is 73.6. The lowest BCUT2D eigenvalue weighted by molar-refractivity contribution is -0.161. The van der Waals surface area contributed by atoms with E-state index in [4.69, 9.17) is 37.0 Å². The summed E-state index contributed by atoms with van der Waals surface area (Å²) >= 11 is 0. The second-order valence-corrected chi connectivity index (χ2v) is 33.4. The van der Waals surface area contributed by atoms with Gasteiger partial charge in [0.25, 0.3) is 0 Å². The van der Waals surface area contributed by atoms with Crippen LogP contribution in [-0.4, -0.2) is 96.7 Å². The number of phosphoric acid groups is 2. The van der Waals surface area contributed by atoms with Crippen molar-refractivity contribution < 1.29 is 80.2 Å². The molecule has 0 aromatic carbocycles. The number of hydrogen-bond acceptors (Lipinski definition) is 15. The molecule has 2 unspecified atom stereocenters. The van der Waals surface area contributed by atoms with Gasteiger partial charge in [-0.25, -0.2) is 9.13 Å². The molecule has 0 bridgehead atoms. The third kappa shape index (κ3) is 76.1. The molecular formula is C82H160O17P2. The molecule has 600 valence electrons. The Balaban J connectivity index is 5.25. The van der Waals surface area contributed by atoms with Crippen molar-refractivity contribution in [1.29, 1.82) is 0 Å². The number of phosphoric ester groups is 2. The van der Waals surface area contributed by atoms with Crippen LogP contribution in [-0.2, 0) is 65.4 Å². The van der Waals surface area contributed by atoms with E-state index < -0.39 is 97.5 Å². The fourth-order valence-corrected chi connectivity index (χ4v) is 14.3. The highest BCUT2D eigenvalue weighted by Crippen LogP contribution is 2.45. The minimum Gasteiger partial charge on any atom is -0.462 e. The van der Waals surface area contributed by atoms with Gasteiger partial charge in [0.1, 0.15) is 19.3 Å². The highest BCUT2D eigenvalue weighted by Gasteiger charge is 2.30. The number of carbonyl (C=O) groups is 4. The lowest BCUT2D eigenvalue weighted by Crippen LogP contribution is -2.30. The summed E-state index contributed by atoms with van der Waals surface area (Å²) < 4.78 is 68.8. The first-order chi connectivity index (χ1) is 48.9. The van der Waals surface area contributed by atoms with Crippen LogP contribution < -0.4 is 0 Å². The van der Waals surface area contributed by atoms with E-state index in [1.54, 1.807) is 0 Å². The van der Waals surface area contributed by atoms with Crippen LogP contribution in [0.25, 0.3) is 0 Å². The molecule has 0 rings (SSSR count). The van der Waals surface area contributed by atoms with Crippen molar-refractivity contribution in [3.05, 3.63) is 0 Å². The fraction of sp³-hybridized carbons (Fsp3) is 0.951. The van der Waals surface area contributed by atoms with E-state index in [2.05, 4.69) is 41.5 Å². The largest absolute Gasteiger partial charge is 0.472 e. The maximum Gasteiger partial charge on any atom is 0.472 e. The van der Waals surface area contributed by atoms with Gasteiger partial charge in [-0.3, -0.25) is 37.3 Å². The molecule has 17 nitrogen and oxygen atoms in total. The Morgan fingerprint density at radius 1 is 0.267 bits per heavy atom. The lowest BCUT2D eigenvalue weighted by Gasteiger charge is -2.21. The van der Waals surface area contributed by atoms with Crippen LogP contribution in [0.2, 0.25) is 0 Å². The number of esters is 4. The quantitative estimate of drug-likeness (QED) is 0.0222. The SMILES string of the molecule is CCCCCCCCCCCCCCCCCCC(=O)OC[C@H](COP(=O)(O)OC[C@@H](O)COP(=O)(O)OC[C@@H](COC(=O)CCCCCCCCCCC(C)C)OC(=O)CCCCCCCCCCCCCCCCCC)OC(=O)CCCCCCCCCCCCCCCCCC(C)C. The van der Waals surface area contributed by atoms with Crippen molar-refractivity contribution in [1.82, 2.24) is 0 Å². The van der Waals surface area contributed by atoms with Crippen LogP contribution in [0.1, 0.15) is 433 Å². The number of aliphatic hydroxyl groups is 1. The maximum atomic E-state index is 13.1. The molecule has 101 heavy (non-hydrogen) atoms. The van der Waals surface area contributed by atoms with E-state index in [-0.39, 0.29) is 25.7 Å². The Labute approximate surface area is 619 Å². The predicted molar refractivity (Wildman–Crippen MR) is 414 cm³/mol. The van der Waals surface area contributed by atoms with Crippen molar-refractivity contribution in [2.75, 3.05) is 39.6 Å². The Hall–Kier alpha value is -1.94. The molecule has 0 radical (unpaired) electrons. The normalized spacial score (nSPS) is 13.9. The van der Waals surface area contributed by atoms with Crippen LogP contribution in [0.5, 0.6) is 0 Å². The average molecular weight is 1480 g/mol. The summed E-state index contributed by atoms with van der Waals surface area (Å²) in [5, 5.41) is 10.7. The van der Waals surface area contributed by atoms with Gasteiger partial charge < -0.3 is 33.8 Å². The fourth-order valence-electron chi connectivity index (χ4n) is 12.7. The molecule has 0 aromatic rings. The molecule has 0 fully saturated rings. The maximum absolute atomic E-state index is 13.1. The Kier molecular flexibility index (Phi) is 72.2. The first-order valence-electron chi connectivity index (χ1n) is 42.5. The van der Waals surface area contributed by atoms with E-state index >= 15 is 0 Å². The van der Waals surface area contributed by atoms with Crippen molar-refractivity contribution in [3.63, 3.8) is 0 Å². The van der Waals surface area contributed by atoms with Gasteiger partial charge in [0, 0.05) is 25.7 Å². The zero-order chi connectivity index (χ0) is 74.2. The first kappa shape index (κ1) is 99.1. The minimum atomic E-state index is -4.96. The molecule has 0 saturated heterocycles. The van der Waals surface area contributed by atoms with Gasteiger partial charge in [-0.1, -0.05) is 382 Å². The van der Waals surface area contributed by atoms with Crippen molar-refractivity contribution in [2.45, 2.75) is 452 Å². The molecule has 0 heterocycles. The Morgan fingerprint density at radius 2 is 0.455 bits per heavy atom. The summed E-state index contributed by atoms with van der Waals surface area (Å²) in [7, 11) is -9.92. The van der Waals surface area contributed by atoms with E-state index in [0.29, 0.717) is 25.7 Å². The number of hydrogen-bond donors (Lipinski definition) is 3. The molecule has 19 heteroatoms. The molecule has 0 aliphatic heterocycles. The molecule has 5 atom stereocenters. The highest BCUT2D eigenvalue weighted by molar-refractivity contribution is 7.47. The summed E-state index contributed by atoms with van der Waals surface area (Å²) in [4.78, 5) is 73.1. The molecule has 0 aromatic heterocycles. The molecule has 0 saturated carbocycles. The molecule has 3 N–H and O–H groups in total. The molecule has 0 amide bonds. The summed E-state index contributed by atoms with van der Waals surface area (Å²) in [6, 6.07) is 0. The van der Waals surface area contributed by atoms with Crippen LogP contribution >= 0.6 is 15.6 Å². The van der Waals surface area contributed by atoms with Gasteiger partial charge in [0.2, 0.25) is 0 Å². The zero-order valence-electron chi connectivity index (χ0n) is 66.2. The monoisotopic (exact) mass is 1480 g/mol. The summed E-state index contributed by atoms with van der Waals surface area (Å²) in [5.41, 5.74) is 0. The zero-order valence-corrected chi connectivity index (χ0v) is 68.0. The van der Waals surface area contributed by atoms with E-state index in [9.17, 15) is 43.2 Å². The minimum absolute atomic E-state index is 0.108. The molecule has 0 aliphatic carbocycles. The predicted octanol–water partition coefficient (Wildman–Crippen LogP) is 24.7. The van der Waals surface area contributed by atoms with Gasteiger partial charge in [-0.15, -0.1) is 0 Å². The molecule has 0 spiro atoms. The van der Waals surface area contributed by atoms with Gasteiger partial charge >= 0.3 is 39.5 Å². The van der Waals surface area contributed by atoms with Gasteiger partial charge in [0.05, 0.1) is 26.4 Å². The van der Waals surface area contributed by atoms with Crippen LogP contribution in [0.4, 0.5) is 0 Å². The number of ether oxygens (including phenoxy) is 4. The third-order valence-electron chi connectivity index (χ3n) is 19.2. The van der Waals surface area contributed by atoms with E-state index in [1.807, 2.05) is 0 Å². The summed E-state index contributed by atoms with van der Waals surface area (Å²) in [6.07, 6.45) is 63.8. The number of rotatable bonds is 81. The van der Waals surface area contributed by atoms with Crippen LogP contribution in [0, 0.1) is 11.8 Å². The van der Waals surface area contributed by atoms with Crippen LogP contribution in [0.15, 0.2) is 0 Å². The van der Waals surface area contributed by atoms with E-state index in [1.165, 1.54) is 250 Å². The summed E-state index contributed by atoms with van der Waals surface area (Å²) in [5.74, 6) is -0.577. The third-order valence-corrected chi connectivity index (χ3v) is 21.1. The van der Waals surface area contributed by atoms with Gasteiger partial charge in [0.15, 0.2) is 12.2 Å². The van der Waals surface area contributed by atoms with Crippen LogP contribution in [0.3, 0.4) is 0 Å². The second-order valence-electron chi connectivity index (χ2n) is 30.5. The Morgan fingerprint density at radius 3 is 0.673 bits per heavy atom. The smallest absolute Gasteiger partial charge is 0.462 e. The van der Waals surface area contributed by atoms with Crippen molar-refractivity contribution >= 4 is 39.5 Å². The number of unbranched alkanes of at least 4 members (excludes halogenated alkanes) is 51. The standard InChI is InChI=1S/C82H160O17P2/c1-7-9-11-13-15-17-19-21-23-27-31-35-39-46-52-58-64-79(84)92-70-77(98-81(86)67-61-55-49-41-37-33-29-25-26-30-34-38-44-50-56-62-74(3)4)72-96-100(88,89)94-68-76(83)69-95-101(90,91)97-73-78(71-93-80(85)65-59-53-47-43-42-45-51-57-63-75(5)6)99-82(87)66-60-54-48-40-36-32-28-24-22-20-18-16-14-12-10-8-2/h74-78,83H,7-73H2,1-6H3,(H,88,89)(H,90,91)/t76-,77-,78-/m1/s1. The number of carbonyl (C=O) groups excluding carboxylic acids is 4. The number of aliphatic hydroxyl groups excluding tert-OH is 1. The lowest BCUT2D eigenvalue weighted by atomic mass is 10.0. The molecule has 0 aliphatic rings. The Bertz CT molecular complexity index is 1940. The topological polar surface area (TPSA) is 237 Å². The average Bonchev–Trinajstić information content (AvgIpc) is 1.01.